The van der Waals surface area contributed by atoms with E-state index in [9.17, 15) is 5.11 Å². The highest BCUT2D eigenvalue weighted by atomic mass is 16.5. The summed E-state index contributed by atoms with van der Waals surface area (Å²) in [5, 5.41) is 13.6. The number of aryl methyl sites for hydroxylation is 2. The molecular weight excluding hydrogens is 232 g/mol. The Labute approximate surface area is 105 Å². The first-order valence-corrected chi connectivity index (χ1v) is 5.77. The van der Waals surface area contributed by atoms with Gasteiger partial charge in [-0.1, -0.05) is 5.16 Å². The molecule has 0 amide bonds. The Morgan fingerprint density at radius 3 is 2.56 bits per heavy atom. The van der Waals surface area contributed by atoms with Gasteiger partial charge in [-0.2, -0.15) is 4.98 Å². The van der Waals surface area contributed by atoms with Crippen molar-refractivity contribution in [1.82, 2.24) is 15.1 Å². The molecule has 0 saturated heterocycles. The molecule has 2 aromatic heterocycles. The van der Waals surface area contributed by atoms with Crippen LogP contribution in [0.25, 0.3) is 11.4 Å². The molecule has 0 spiro atoms. The molecule has 6 nitrogen and oxygen atoms in total. The lowest BCUT2D eigenvalue weighted by atomic mass is 10.2. The van der Waals surface area contributed by atoms with Gasteiger partial charge < -0.3 is 15.4 Å². The van der Waals surface area contributed by atoms with Crippen LogP contribution in [-0.4, -0.2) is 26.8 Å². The van der Waals surface area contributed by atoms with E-state index in [0.717, 1.165) is 17.0 Å². The minimum absolute atomic E-state index is 0.197. The molecule has 0 radical (unpaired) electrons. The van der Waals surface area contributed by atoms with Crippen LogP contribution in [-0.2, 0) is 0 Å². The number of hydrogen-bond donors (Lipinski definition) is 2. The van der Waals surface area contributed by atoms with Crippen LogP contribution in [0.2, 0.25) is 0 Å². The summed E-state index contributed by atoms with van der Waals surface area (Å²) in [7, 11) is 0. The van der Waals surface area contributed by atoms with Crippen LogP contribution in [0, 0.1) is 13.8 Å². The molecule has 0 aromatic carbocycles. The van der Waals surface area contributed by atoms with Gasteiger partial charge in [0.05, 0.1) is 0 Å². The van der Waals surface area contributed by atoms with Crippen LogP contribution < -0.4 is 5.73 Å². The van der Waals surface area contributed by atoms with Gasteiger partial charge in [0.15, 0.2) is 0 Å². The Bertz CT molecular complexity index is 518. The fraction of sp³-hybridized carbons (Fsp3) is 0.417. The number of nitrogens with zero attached hydrogens (tertiary/aromatic N) is 3. The number of rotatable bonds is 4. The SMILES string of the molecule is Cc1cc(-c2noc([C@@H](O)CCN)n2)cc(C)n1. The quantitative estimate of drug-likeness (QED) is 0.841. The zero-order valence-corrected chi connectivity index (χ0v) is 10.4. The maximum Gasteiger partial charge on any atom is 0.255 e. The van der Waals surface area contributed by atoms with Crippen LogP contribution in [0.3, 0.4) is 0 Å². The van der Waals surface area contributed by atoms with Crippen molar-refractivity contribution < 1.29 is 9.63 Å². The largest absolute Gasteiger partial charge is 0.383 e. The van der Waals surface area contributed by atoms with Crippen molar-refractivity contribution in [2.75, 3.05) is 6.54 Å². The van der Waals surface area contributed by atoms with Crippen LogP contribution in [0.5, 0.6) is 0 Å². The van der Waals surface area contributed by atoms with Crippen molar-refractivity contribution in [3.05, 3.63) is 29.4 Å². The molecule has 2 rings (SSSR count). The highest BCUT2D eigenvalue weighted by molar-refractivity contribution is 5.55. The van der Waals surface area contributed by atoms with Gasteiger partial charge in [-0.15, -0.1) is 0 Å². The minimum atomic E-state index is -0.805. The number of aliphatic hydroxyl groups excluding tert-OH is 1. The maximum atomic E-state index is 9.70. The third-order valence-corrected chi connectivity index (χ3v) is 2.51. The summed E-state index contributed by atoms with van der Waals surface area (Å²) in [6.07, 6.45) is -0.406. The van der Waals surface area contributed by atoms with Gasteiger partial charge in [-0.3, -0.25) is 4.98 Å². The second-order valence-corrected chi connectivity index (χ2v) is 4.19. The second-order valence-electron chi connectivity index (χ2n) is 4.19. The number of nitrogens with two attached hydrogens (primary N) is 1. The highest BCUT2D eigenvalue weighted by Crippen LogP contribution is 2.21. The molecular formula is C12H16N4O2. The van der Waals surface area contributed by atoms with Crippen LogP contribution in [0.15, 0.2) is 16.7 Å². The lowest BCUT2D eigenvalue weighted by Gasteiger charge is -2.01. The van der Waals surface area contributed by atoms with E-state index >= 15 is 0 Å². The monoisotopic (exact) mass is 248 g/mol. The average molecular weight is 248 g/mol. The van der Waals surface area contributed by atoms with Gasteiger partial charge in [0.1, 0.15) is 6.10 Å². The Hall–Kier alpha value is -1.79. The normalized spacial score (nSPS) is 12.7. The van der Waals surface area contributed by atoms with E-state index < -0.39 is 6.10 Å². The van der Waals surface area contributed by atoms with Crippen molar-refractivity contribution >= 4 is 0 Å². The summed E-state index contributed by atoms with van der Waals surface area (Å²) >= 11 is 0. The number of aromatic nitrogens is 3. The van der Waals surface area contributed by atoms with Crippen molar-refractivity contribution in [2.24, 2.45) is 5.73 Å². The molecule has 0 bridgehead atoms. The van der Waals surface area contributed by atoms with Gasteiger partial charge >= 0.3 is 0 Å². The molecule has 0 fully saturated rings. The first-order chi connectivity index (χ1) is 8.60. The third-order valence-electron chi connectivity index (χ3n) is 2.51. The molecule has 1 atom stereocenters. The maximum absolute atomic E-state index is 9.70. The Balaban J connectivity index is 2.29. The number of hydrogen-bond acceptors (Lipinski definition) is 6. The summed E-state index contributed by atoms with van der Waals surface area (Å²) in [4.78, 5) is 8.45. The molecule has 2 aromatic rings. The van der Waals surface area contributed by atoms with Crippen molar-refractivity contribution in [2.45, 2.75) is 26.4 Å². The molecule has 0 aliphatic heterocycles. The summed E-state index contributed by atoms with van der Waals surface area (Å²) in [5.74, 6) is 0.650. The first-order valence-electron chi connectivity index (χ1n) is 5.77. The fourth-order valence-electron chi connectivity index (χ4n) is 1.73. The molecule has 0 unspecified atom stereocenters. The predicted octanol–water partition coefficient (Wildman–Crippen LogP) is 1.13. The summed E-state index contributed by atoms with van der Waals surface area (Å²) in [5.41, 5.74) is 7.97. The van der Waals surface area contributed by atoms with Crippen LogP contribution in [0.4, 0.5) is 0 Å². The Morgan fingerprint density at radius 2 is 1.94 bits per heavy atom. The highest BCUT2D eigenvalue weighted by Gasteiger charge is 2.16. The Kier molecular flexibility index (Phi) is 3.69. The van der Waals surface area contributed by atoms with Gasteiger partial charge in [-0.25, -0.2) is 0 Å². The molecule has 2 heterocycles. The topological polar surface area (TPSA) is 98.1 Å². The molecule has 18 heavy (non-hydrogen) atoms. The average Bonchev–Trinajstić information content (AvgIpc) is 2.77. The molecule has 0 saturated carbocycles. The summed E-state index contributed by atoms with van der Waals surface area (Å²) in [6, 6.07) is 3.74. The molecule has 6 heteroatoms. The molecule has 0 aliphatic rings. The van der Waals surface area contributed by atoms with E-state index in [2.05, 4.69) is 15.1 Å². The van der Waals surface area contributed by atoms with Gasteiger partial charge in [0.25, 0.3) is 5.89 Å². The lowest BCUT2D eigenvalue weighted by molar-refractivity contribution is 0.127. The van der Waals surface area contributed by atoms with Gasteiger partial charge in [0, 0.05) is 17.0 Å². The minimum Gasteiger partial charge on any atom is -0.383 e. The first kappa shape index (κ1) is 12.7. The smallest absolute Gasteiger partial charge is 0.255 e. The number of aliphatic hydroxyl groups is 1. The zero-order valence-electron chi connectivity index (χ0n) is 10.4. The van der Waals surface area contributed by atoms with Crippen molar-refractivity contribution in [1.29, 1.82) is 0 Å². The van der Waals surface area contributed by atoms with E-state index in [4.69, 9.17) is 10.3 Å². The third kappa shape index (κ3) is 2.72. The van der Waals surface area contributed by atoms with E-state index in [1.807, 2.05) is 26.0 Å². The standard InChI is InChI=1S/C12H16N4O2/c1-7-5-9(6-8(2)14-7)11-15-12(18-16-11)10(17)3-4-13/h5-6,10,17H,3-4,13H2,1-2H3/t10-/m0/s1. The van der Waals surface area contributed by atoms with E-state index in [-0.39, 0.29) is 5.89 Å². The molecule has 0 aliphatic carbocycles. The van der Waals surface area contributed by atoms with E-state index in [0.29, 0.717) is 18.8 Å². The van der Waals surface area contributed by atoms with Crippen molar-refractivity contribution in [3.8, 4) is 11.4 Å². The van der Waals surface area contributed by atoms with E-state index in [1.165, 1.54) is 0 Å². The zero-order chi connectivity index (χ0) is 13.1. The number of pyridine rings is 1. The summed E-state index contributed by atoms with van der Waals surface area (Å²) < 4.78 is 5.03. The van der Waals surface area contributed by atoms with E-state index in [1.54, 1.807) is 0 Å². The van der Waals surface area contributed by atoms with Crippen LogP contribution in [0.1, 0.15) is 29.8 Å². The second kappa shape index (κ2) is 5.24. The van der Waals surface area contributed by atoms with Crippen molar-refractivity contribution in [3.63, 3.8) is 0 Å². The Morgan fingerprint density at radius 1 is 1.28 bits per heavy atom. The van der Waals surface area contributed by atoms with Crippen LogP contribution >= 0.6 is 0 Å². The molecule has 96 valence electrons. The molecule has 3 N–H and O–H groups in total. The van der Waals surface area contributed by atoms with Gasteiger partial charge in [0.2, 0.25) is 5.82 Å². The lowest BCUT2D eigenvalue weighted by Crippen LogP contribution is -2.06. The fourth-order valence-corrected chi connectivity index (χ4v) is 1.73. The predicted molar refractivity (Wildman–Crippen MR) is 65.6 cm³/mol. The van der Waals surface area contributed by atoms with Gasteiger partial charge in [-0.05, 0) is 38.9 Å². The summed E-state index contributed by atoms with van der Waals surface area (Å²) in [6.45, 7) is 4.17.